The number of rotatable bonds is 3. The van der Waals surface area contributed by atoms with Crippen LogP contribution in [0.2, 0.25) is 0 Å². The van der Waals surface area contributed by atoms with Crippen molar-refractivity contribution in [3.8, 4) is 0 Å². The van der Waals surface area contributed by atoms with Gasteiger partial charge in [-0.2, -0.15) is 0 Å². The third-order valence-corrected chi connectivity index (χ3v) is 5.75. The zero-order valence-electron chi connectivity index (χ0n) is 11.4. The van der Waals surface area contributed by atoms with Gasteiger partial charge in [-0.3, -0.25) is 4.79 Å². The van der Waals surface area contributed by atoms with Crippen molar-refractivity contribution in [3.05, 3.63) is 29.8 Å². The Bertz CT molecular complexity index is 655. The van der Waals surface area contributed by atoms with E-state index < -0.39 is 32.1 Å². The highest BCUT2D eigenvalue weighted by Gasteiger charge is 2.48. The molecule has 1 aliphatic rings. The van der Waals surface area contributed by atoms with Crippen LogP contribution in [0.15, 0.2) is 18.2 Å². The number of hydrogen-bond acceptors (Lipinski definition) is 4. The Balaban J connectivity index is 2.34. The van der Waals surface area contributed by atoms with Crippen LogP contribution < -0.4 is 10.6 Å². The van der Waals surface area contributed by atoms with Crippen molar-refractivity contribution in [1.29, 1.82) is 0 Å². The van der Waals surface area contributed by atoms with Gasteiger partial charge in [-0.1, -0.05) is 6.07 Å². The van der Waals surface area contributed by atoms with E-state index in [2.05, 4.69) is 10.6 Å². The van der Waals surface area contributed by atoms with Gasteiger partial charge in [-0.05, 0) is 38.1 Å². The minimum Gasteiger partial charge on any atom is -0.322 e. The molecule has 8 heteroatoms. The maximum atomic E-state index is 13.6. The molecule has 0 aliphatic carbocycles. The van der Waals surface area contributed by atoms with E-state index in [0.29, 0.717) is 13.1 Å². The molecule has 1 saturated heterocycles. The van der Waals surface area contributed by atoms with E-state index in [9.17, 15) is 22.0 Å². The largest absolute Gasteiger partial charge is 0.322 e. The second-order valence-electron chi connectivity index (χ2n) is 5.07. The number of carbonyl (C=O) groups excluding carboxylic acids is 1. The second kappa shape index (κ2) is 5.69. The third kappa shape index (κ3) is 2.91. The standard InChI is InChI=1S/C13H16F2N2O3S/c1-21(19,20)13(5-7-16-8-6-13)12(18)17-10-4-2-3-9(14)11(10)15/h2-4,16H,5-8H2,1H3,(H,17,18). The average molecular weight is 318 g/mol. The number of carbonyl (C=O) groups is 1. The molecule has 116 valence electrons. The fraction of sp³-hybridized carbons (Fsp3) is 0.462. The van der Waals surface area contributed by atoms with E-state index in [1.807, 2.05) is 0 Å². The van der Waals surface area contributed by atoms with E-state index in [0.717, 1.165) is 12.3 Å². The average Bonchev–Trinajstić information content (AvgIpc) is 2.43. The summed E-state index contributed by atoms with van der Waals surface area (Å²) in [7, 11) is -3.70. The van der Waals surface area contributed by atoms with Gasteiger partial charge in [0.1, 0.15) is 0 Å². The van der Waals surface area contributed by atoms with Crippen molar-refractivity contribution < 1.29 is 22.0 Å². The summed E-state index contributed by atoms with van der Waals surface area (Å²) in [6.45, 7) is 0.734. The molecule has 1 amide bonds. The van der Waals surface area contributed by atoms with Crippen molar-refractivity contribution in [2.75, 3.05) is 24.7 Å². The predicted molar refractivity (Wildman–Crippen MR) is 74.7 cm³/mol. The zero-order chi connectivity index (χ0) is 15.7. The highest BCUT2D eigenvalue weighted by atomic mass is 32.2. The molecule has 2 rings (SSSR count). The van der Waals surface area contributed by atoms with Crippen LogP contribution in [0, 0.1) is 11.6 Å². The molecule has 0 unspecified atom stereocenters. The molecule has 5 nitrogen and oxygen atoms in total. The van der Waals surface area contributed by atoms with Gasteiger partial charge in [0, 0.05) is 6.26 Å². The molecule has 0 bridgehead atoms. The van der Waals surface area contributed by atoms with Crippen molar-refractivity contribution in [1.82, 2.24) is 5.32 Å². The quantitative estimate of drug-likeness (QED) is 0.874. The first-order chi connectivity index (χ1) is 9.78. The molecular formula is C13H16F2N2O3S. The van der Waals surface area contributed by atoms with Crippen molar-refractivity contribution >= 4 is 21.4 Å². The van der Waals surface area contributed by atoms with E-state index in [-0.39, 0.29) is 18.5 Å². The lowest BCUT2D eigenvalue weighted by molar-refractivity contribution is -0.119. The first kappa shape index (κ1) is 15.8. The molecule has 0 saturated carbocycles. The normalized spacial score (nSPS) is 18.2. The Hall–Kier alpha value is -1.54. The van der Waals surface area contributed by atoms with Gasteiger partial charge in [0.05, 0.1) is 5.69 Å². The van der Waals surface area contributed by atoms with Crippen LogP contribution in [0.3, 0.4) is 0 Å². The van der Waals surface area contributed by atoms with Crippen molar-refractivity contribution in [2.45, 2.75) is 17.6 Å². The predicted octanol–water partition coefficient (Wildman–Crippen LogP) is 1.07. The molecule has 1 aromatic rings. The molecular weight excluding hydrogens is 302 g/mol. The molecule has 1 fully saturated rings. The maximum Gasteiger partial charge on any atom is 0.246 e. The molecule has 1 heterocycles. The Labute approximate surface area is 121 Å². The topological polar surface area (TPSA) is 75.3 Å². The van der Waals surface area contributed by atoms with Crippen molar-refractivity contribution in [2.24, 2.45) is 0 Å². The summed E-state index contributed by atoms with van der Waals surface area (Å²) in [5.74, 6) is -3.13. The van der Waals surface area contributed by atoms with Crippen LogP contribution in [-0.2, 0) is 14.6 Å². The monoisotopic (exact) mass is 318 g/mol. The van der Waals surface area contributed by atoms with E-state index in [1.54, 1.807) is 0 Å². The van der Waals surface area contributed by atoms with Crippen LogP contribution in [0.25, 0.3) is 0 Å². The lowest BCUT2D eigenvalue weighted by atomic mass is 9.95. The molecule has 21 heavy (non-hydrogen) atoms. The maximum absolute atomic E-state index is 13.6. The number of hydrogen-bond donors (Lipinski definition) is 2. The highest BCUT2D eigenvalue weighted by molar-refractivity contribution is 7.92. The Morgan fingerprint density at radius 3 is 2.48 bits per heavy atom. The molecule has 0 atom stereocenters. The summed E-state index contributed by atoms with van der Waals surface area (Å²) in [5, 5.41) is 5.18. The molecule has 0 spiro atoms. The van der Waals surface area contributed by atoms with Gasteiger partial charge in [-0.15, -0.1) is 0 Å². The van der Waals surface area contributed by atoms with Gasteiger partial charge in [0.15, 0.2) is 26.2 Å². The van der Waals surface area contributed by atoms with Crippen LogP contribution >= 0.6 is 0 Å². The van der Waals surface area contributed by atoms with Crippen LogP contribution in [0.1, 0.15) is 12.8 Å². The minimum absolute atomic E-state index is 0.0919. The highest BCUT2D eigenvalue weighted by Crippen LogP contribution is 2.30. The van der Waals surface area contributed by atoms with Crippen molar-refractivity contribution in [3.63, 3.8) is 0 Å². The molecule has 2 N–H and O–H groups in total. The number of anilines is 1. The fourth-order valence-corrected chi connectivity index (χ4v) is 3.77. The third-order valence-electron chi connectivity index (χ3n) is 3.73. The van der Waals surface area contributed by atoms with Crippen LogP contribution in [0.4, 0.5) is 14.5 Å². The lowest BCUT2D eigenvalue weighted by Crippen LogP contribution is -2.55. The number of nitrogens with one attached hydrogen (secondary N) is 2. The van der Waals surface area contributed by atoms with E-state index in [1.165, 1.54) is 12.1 Å². The minimum atomic E-state index is -3.70. The van der Waals surface area contributed by atoms with Crippen LogP contribution in [-0.4, -0.2) is 38.4 Å². The Morgan fingerprint density at radius 1 is 1.29 bits per heavy atom. The van der Waals surface area contributed by atoms with Gasteiger partial charge >= 0.3 is 0 Å². The molecule has 0 aromatic heterocycles. The first-order valence-corrected chi connectivity index (χ1v) is 8.33. The fourth-order valence-electron chi connectivity index (χ4n) is 2.43. The smallest absolute Gasteiger partial charge is 0.246 e. The Morgan fingerprint density at radius 2 is 1.90 bits per heavy atom. The molecule has 1 aliphatic heterocycles. The number of piperidine rings is 1. The number of benzene rings is 1. The Kier molecular flexibility index (Phi) is 4.29. The van der Waals surface area contributed by atoms with Gasteiger partial charge in [0.2, 0.25) is 5.91 Å². The van der Waals surface area contributed by atoms with Gasteiger partial charge in [-0.25, -0.2) is 17.2 Å². The lowest BCUT2D eigenvalue weighted by Gasteiger charge is -2.34. The number of sulfone groups is 1. The van der Waals surface area contributed by atoms with Gasteiger partial charge in [0.25, 0.3) is 0 Å². The van der Waals surface area contributed by atoms with E-state index in [4.69, 9.17) is 0 Å². The number of amides is 1. The zero-order valence-corrected chi connectivity index (χ0v) is 12.3. The summed E-state index contributed by atoms with van der Waals surface area (Å²) < 4.78 is 49.2. The summed E-state index contributed by atoms with van der Waals surface area (Å²) >= 11 is 0. The van der Waals surface area contributed by atoms with E-state index >= 15 is 0 Å². The second-order valence-corrected chi connectivity index (χ2v) is 7.40. The first-order valence-electron chi connectivity index (χ1n) is 6.44. The van der Waals surface area contributed by atoms with Gasteiger partial charge < -0.3 is 10.6 Å². The summed E-state index contributed by atoms with van der Waals surface area (Å²) in [6, 6.07) is 3.35. The van der Waals surface area contributed by atoms with Crippen LogP contribution in [0.5, 0.6) is 0 Å². The SMILES string of the molecule is CS(=O)(=O)C1(C(=O)Nc2cccc(F)c2F)CCNCC1. The molecule has 0 radical (unpaired) electrons. The summed E-state index contributed by atoms with van der Waals surface area (Å²) in [5.41, 5.74) is -0.360. The number of halogens is 2. The summed E-state index contributed by atoms with van der Waals surface area (Å²) in [6.07, 6.45) is 1.17. The molecule has 1 aromatic carbocycles. The summed E-state index contributed by atoms with van der Waals surface area (Å²) in [4.78, 5) is 12.4.